The van der Waals surface area contributed by atoms with Gasteiger partial charge in [-0.05, 0) is 50.4 Å². The van der Waals surface area contributed by atoms with Gasteiger partial charge in [-0.25, -0.2) is 0 Å². The van der Waals surface area contributed by atoms with Crippen LogP contribution in [-0.4, -0.2) is 25.5 Å². The number of aryl methyl sites for hydroxylation is 1. The molecule has 1 saturated heterocycles. The lowest BCUT2D eigenvalue weighted by atomic mass is 9.98. The zero-order chi connectivity index (χ0) is 13.0. The zero-order valence-electron chi connectivity index (χ0n) is 10.6. The minimum Gasteiger partial charge on any atom is -0.352 e. The number of carbonyl (C=O) groups excluding carboxylic acids is 1. The number of nitrogens with one attached hydrogen (secondary N) is 2. The van der Waals surface area contributed by atoms with Crippen LogP contribution in [0.1, 0.15) is 28.8 Å². The number of carbonyl (C=O) groups is 1. The van der Waals surface area contributed by atoms with E-state index >= 15 is 0 Å². The molecular formula is C14H19ClN2O. The van der Waals surface area contributed by atoms with Gasteiger partial charge in [0, 0.05) is 6.54 Å². The molecule has 1 heterocycles. The third kappa shape index (κ3) is 3.24. The van der Waals surface area contributed by atoms with Gasteiger partial charge in [-0.3, -0.25) is 4.79 Å². The normalized spacial score (nSPS) is 16.6. The van der Waals surface area contributed by atoms with Crippen LogP contribution in [0.4, 0.5) is 0 Å². The molecule has 1 aromatic carbocycles. The fraction of sp³-hybridized carbons (Fsp3) is 0.500. The first-order chi connectivity index (χ1) is 8.68. The third-order valence-electron chi connectivity index (χ3n) is 3.45. The maximum absolute atomic E-state index is 12.0. The molecule has 0 saturated carbocycles. The molecule has 2 N–H and O–H groups in total. The van der Waals surface area contributed by atoms with E-state index in [9.17, 15) is 4.79 Å². The highest BCUT2D eigenvalue weighted by atomic mass is 35.5. The molecule has 98 valence electrons. The van der Waals surface area contributed by atoms with Gasteiger partial charge in [0.25, 0.3) is 5.91 Å². The average Bonchev–Trinajstić information content (AvgIpc) is 2.40. The molecule has 3 nitrogen and oxygen atoms in total. The molecule has 0 aliphatic carbocycles. The van der Waals surface area contributed by atoms with Crippen molar-refractivity contribution in [2.75, 3.05) is 19.6 Å². The van der Waals surface area contributed by atoms with Gasteiger partial charge < -0.3 is 10.6 Å². The van der Waals surface area contributed by atoms with E-state index in [4.69, 9.17) is 11.6 Å². The summed E-state index contributed by atoms with van der Waals surface area (Å²) >= 11 is 6.14. The molecule has 1 aliphatic rings. The smallest absolute Gasteiger partial charge is 0.252 e. The van der Waals surface area contributed by atoms with Crippen molar-refractivity contribution in [2.45, 2.75) is 19.8 Å². The standard InChI is InChI=1S/C14H19ClN2O/c1-10-3-2-4-12(13(10)15)14(18)17-9-11-5-7-16-8-6-11/h2-4,11,16H,5-9H2,1H3,(H,17,18). The number of hydrogen-bond donors (Lipinski definition) is 2. The Labute approximate surface area is 113 Å². The molecule has 1 fully saturated rings. The Morgan fingerprint density at radius 2 is 2.17 bits per heavy atom. The van der Waals surface area contributed by atoms with Crippen molar-refractivity contribution < 1.29 is 4.79 Å². The Morgan fingerprint density at radius 3 is 2.89 bits per heavy atom. The fourth-order valence-electron chi connectivity index (χ4n) is 2.24. The summed E-state index contributed by atoms with van der Waals surface area (Å²) < 4.78 is 0. The molecule has 2 rings (SSSR count). The minimum atomic E-state index is -0.0674. The summed E-state index contributed by atoms with van der Waals surface area (Å²) in [6, 6.07) is 5.54. The number of amides is 1. The molecule has 0 spiro atoms. The summed E-state index contributed by atoms with van der Waals surface area (Å²) in [6.07, 6.45) is 2.25. The number of halogens is 1. The summed E-state index contributed by atoms with van der Waals surface area (Å²) in [5, 5.41) is 6.86. The Hall–Kier alpha value is -1.06. The van der Waals surface area contributed by atoms with E-state index in [0.29, 0.717) is 16.5 Å². The summed E-state index contributed by atoms with van der Waals surface area (Å²) in [7, 11) is 0. The van der Waals surface area contributed by atoms with E-state index in [2.05, 4.69) is 10.6 Å². The Balaban J connectivity index is 1.93. The molecule has 0 unspecified atom stereocenters. The predicted octanol–water partition coefficient (Wildman–Crippen LogP) is 2.38. The molecule has 0 aromatic heterocycles. The van der Waals surface area contributed by atoms with Crippen molar-refractivity contribution in [3.05, 3.63) is 34.3 Å². The van der Waals surface area contributed by atoms with Gasteiger partial charge in [-0.2, -0.15) is 0 Å². The van der Waals surface area contributed by atoms with Crippen LogP contribution in [0, 0.1) is 12.8 Å². The second kappa shape index (κ2) is 6.21. The van der Waals surface area contributed by atoms with Gasteiger partial charge in [-0.1, -0.05) is 23.7 Å². The van der Waals surface area contributed by atoms with Crippen LogP contribution >= 0.6 is 11.6 Å². The Morgan fingerprint density at radius 1 is 1.44 bits per heavy atom. The first-order valence-electron chi connectivity index (χ1n) is 6.42. The topological polar surface area (TPSA) is 41.1 Å². The highest BCUT2D eigenvalue weighted by Gasteiger charge is 2.16. The molecule has 1 amide bonds. The minimum absolute atomic E-state index is 0.0674. The van der Waals surface area contributed by atoms with E-state index in [1.165, 1.54) is 0 Å². The summed E-state index contributed by atoms with van der Waals surface area (Å²) in [5.74, 6) is 0.515. The Bertz CT molecular complexity index is 428. The first-order valence-corrected chi connectivity index (χ1v) is 6.80. The Kier molecular flexibility index (Phi) is 4.61. The van der Waals surface area contributed by atoms with Crippen molar-refractivity contribution in [2.24, 2.45) is 5.92 Å². The summed E-state index contributed by atoms with van der Waals surface area (Å²) in [6.45, 7) is 4.74. The van der Waals surface area contributed by atoms with Crippen molar-refractivity contribution in [3.8, 4) is 0 Å². The molecule has 0 atom stereocenters. The molecule has 0 radical (unpaired) electrons. The van der Waals surface area contributed by atoms with E-state index in [-0.39, 0.29) is 5.91 Å². The molecule has 4 heteroatoms. The maximum atomic E-state index is 12.0. The molecule has 0 bridgehead atoms. The van der Waals surface area contributed by atoms with E-state index in [0.717, 1.165) is 38.0 Å². The van der Waals surface area contributed by atoms with Crippen LogP contribution in [0.2, 0.25) is 5.02 Å². The number of hydrogen-bond acceptors (Lipinski definition) is 2. The van der Waals surface area contributed by atoms with E-state index < -0.39 is 0 Å². The van der Waals surface area contributed by atoms with Crippen LogP contribution < -0.4 is 10.6 Å². The van der Waals surface area contributed by atoms with Gasteiger partial charge in [0.2, 0.25) is 0 Å². The van der Waals surface area contributed by atoms with Gasteiger partial charge in [0.1, 0.15) is 0 Å². The lowest BCUT2D eigenvalue weighted by molar-refractivity contribution is 0.0944. The van der Waals surface area contributed by atoms with Crippen molar-refractivity contribution in [1.29, 1.82) is 0 Å². The zero-order valence-corrected chi connectivity index (χ0v) is 11.4. The second-order valence-electron chi connectivity index (χ2n) is 4.84. The molecular weight excluding hydrogens is 248 g/mol. The first kappa shape index (κ1) is 13.4. The summed E-state index contributed by atoms with van der Waals surface area (Å²) in [5.41, 5.74) is 1.51. The molecule has 1 aromatic rings. The highest BCUT2D eigenvalue weighted by molar-refractivity contribution is 6.34. The molecule has 1 aliphatic heterocycles. The van der Waals surface area contributed by atoms with Gasteiger partial charge >= 0.3 is 0 Å². The monoisotopic (exact) mass is 266 g/mol. The van der Waals surface area contributed by atoms with Gasteiger partial charge in [0.05, 0.1) is 10.6 Å². The molecule has 18 heavy (non-hydrogen) atoms. The van der Waals surface area contributed by atoms with Crippen LogP contribution in [-0.2, 0) is 0 Å². The second-order valence-corrected chi connectivity index (χ2v) is 5.22. The highest BCUT2D eigenvalue weighted by Crippen LogP contribution is 2.20. The number of rotatable bonds is 3. The predicted molar refractivity (Wildman–Crippen MR) is 74.1 cm³/mol. The van der Waals surface area contributed by atoms with Crippen molar-refractivity contribution in [3.63, 3.8) is 0 Å². The van der Waals surface area contributed by atoms with Crippen LogP contribution in [0.25, 0.3) is 0 Å². The van der Waals surface area contributed by atoms with E-state index in [1.54, 1.807) is 6.07 Å². The maximum Gasteiger partial charge on any atom is 0.252 e. The van der Waals surface area contributed by atoms with Crippen LogP contribution in [0.15, 0.2) is 18.2 Å². The third-order valence-corrected chi connectivity index (χ3v) is 3.95. The quantitative estimate of drug-likeness (QED) is 0.882. The van der Waals surface area contributed by atoms with Crippen LogP contribution in [0.5, 0.6) is 0 Å². The lowest BCUT2D eigenvalue weighted by Gasteiger charge is -2.22. The largest absolute Gasteiger partial charge is 0.352 e. The SMILES string of the molecule is Cc1cccc(C(=O)NCC2CCNCC2)c1Cl. The van der Waals surface area contributed by atoms with Crippen molar-refractivity contribution >= 4 is 17.5 Å². The lowest BCUT2D eigenvalue weighted by Crippen LogP contribution is -2.36. The van der Waals surface area contributed by atoms with Crippen LogP contribution in [0.3, 0.4) is 0 Å². The number of benzene rings is 1. The van der Waals surface area contributed by atoms with Crippen molar-refractivity contribution in [1.82, 2.24) is 10.6 Å². The van der Waals surface area contributed by atoms with Gasteiger partial charge in [0.15, 0.2) is 0 Å². The average molecular weight is 267 g/mol. The van der Waals surface area contributed by atoms with Gasteiger partial charge in [-0.15, -0.1) is 0 Å². The number of piperidine rings is 1. The van der Waals surface area contributed by atoms with E-state index in [1.807, 2.05) is 19.1 Å². The fourth-order valence-corrected chi connectivity index (χ4v) is 2.45. The summed E-state index contributed by atoms with van der Waals surface area (Å²) in [4.78, 5) is 12.0.